The summed E-state index contributed by atoms with van der Waals surface area (Å²) in [4.78, 5) is 7.13. The molecular formula is C15H23N5S. The van der Waals surface area contributed by atoms with E-state index in [1.807, 2.05) is 17.8 Å². The van der Waals surface area contributed by atoms with Crippen LogP contribution >= 0.6 is 12.2 Å². The zero-order valence-corrected chi connectivity index (χ0v) is 14.1. The van der Waals surface area contributed by atoms with E-state index >= 15 is 0 Å². The Kier molecular flexibility index (Phi) is 4.18. The van der Waals surface area contributed by atoms with Gasteiger partial charge in [0.15, 0.2) is 5.82 Å². The van der Waals surface area contributed by atoms with Crippen LogP contribution in [-0.4, -0.2) is 32.7 Å². The second-order valence-electron chi connectivity index (χ2n) is 6.49. The molecule has 0 aliphatic carbocycles. The summed E-state index contributed by atoms with van der Waals surface area (Å²) in [5.41, 5.74) is 7.70. The molecule has 114 valence electrons. The zero-order valence-electron chi connectivity index (χ0n) is 13.3. The fourth-order valence-electron chi connectivity index (χ4n) is 2.18. The van der Waals surface area contributed by atoms with Crippen molar-refractivity contribution in [2.45, 2.75) is 45.6 Å². The highest BCUT2D eigenvalue weighted by molar-refractivity contribution is 7.80. The molecule has 6 heteroatoms. The van der Waals surface area contributed by atoms with Crippen LogP contribution in [0.4, 0.5) is 5.82 Å². The summed E-state index contributed by atoms with van der Waals surface area (Å²) in [5, 5.41) is 4.65. The van der Waals surface area contributed by atoms with E-state index in [1.165, 1.54) is 0 Å². The Balaban J connectivity index is 2.44. The smallest absolute Gasteiger partial charge is 0.154 e. The van der Waals surface area contributed by atoms with Crippen LogP contribution in [0.3, 0.4) is 0 Å². The Bertz CT molecular complexity index is 656. The number of thiocarbonyl (C=S) groups is 1. The second-order valence-corrected chi connectivity index (χ2v) is 7.01. The van der Waals surface area contributed by atoms with Crippen molar-refractivity contribution in [1.82, 2.24) is 14.6 Å². The Hall–Kier alpha value is -1.69. The van der Waals surface area contributed by atoms with Gasteiger partial charge in [-0.05, 0) is 13.0 Å². The SMILES string of the molecule is CC(CC(N)=S)N(C)c1nccn2nc(C(C)(C)C)cc12. The molecule has 0 aromatic carbocycles. The molecule has 2 rings (SSSR count). The van der Waals surface area contributed by atoms with E-state index in [0.717, 1.165) is 17.0 Å². The number of nitrogens with zero attached hydrogens (tertiary/aromatic N) is 4. The predicted molar refractivity (Wildman–Crippen MR) is 91.0 cm³/mol. The number of nitrogens with two attached hydrogens (primary N) is 1. The van der Waals surface area contributed by atoms with E-state index in [4.69, 9.17) is 18.0 Å². The molecule has 1 unspecified atom stereocenters. The van der Waals surface area contributed by atoms with E-state index in [1.54, 1.807) is 6.20 Å². The number of aromatic nitrogens is 3. The average molecular weight is 305 g/mol. The predicted octanol–water partition coefficient (Wildman–Crippen LogP) is 2.53. The molecule has 21 heavy (non-hydrogen) atoms. The van der Waals surface area contributed by atoms with Gasteiger partial charge in [0.2, 0.25) is 0 Å². The molecular weight excluding hydrogens is 282 g/mol. The number of fused-ring (bicyclic) bond motifs is 1. The number of rotatable bonds is 4. The van der Waals surface area contributed by atoms with Gasteiger partial charge >= 0.3 is 0 Å². The van der Waals surface area contributed by atoms with Gasteiger partial charge in [-0.2, -0.15) is 5.10 Å². The maximum absolute atomic E-state index is 5.65. The Morgan fingerprint density at radius 1 is 1.48 bits per heavy atom. The summed E-state index contributed by atoms with van der Waals surface area (Å²) in [6, 6.07) is 2.29. The Morgan fingerprint density at radius 2 is 2.14 bits per heavy atom. The first kappa shape index (κ1) is 15.7. The monoisotopic (exact) mass is 305 g/mol. The molecule has 2 N–H and O–H groups in total. The average Bonchev–Trinajstić information content (AvgIpc) is 2.80. The van der Waals surface area contributed by atoms with Crippen LogP contribution < -0.4 is 10.6 Å². The fourth-order valence-corrected chi connectivity index (χ4v) is 2.42. The minimum Gasteiger partial charge on any atom is -0.393 e. The van der Waals surface area contributed by atoms with Crippen LogP contribution in [0.25, 0.3) is 5.52 Å². The molecule has 2 heterocycles. The van der Waals surface area contributed by atoms with Gasteiger partial charge in [-0.3, -0.25) is 0 Å². The van der Waals surface area contributed by atoms with Gasteiger partial charge in [0.05, 0.1) is 10.7 Å². The van der Waals surface area contributed by atoms with Crippen molar-refractivity contribution in [3.05, 3.63) is 24.2 Å². The van der Waals surface area contributed by atoms with E-state index < -0.39 is 0 Å². The normalized spacial score (nSPS) is 13.4. The lowest BCUT2D eigenvalue weighted by atomic mass is 9.92. The van der Waals surface area contributed by atoms with Gasteiger partial charge in [-0.25, -0.2) is 9.50 Å². The minimum absolute atomic E-state index is 0.00625. The maximum atomic E-state index is 5.65. The van der Waals surface area contributed by atoms with Crippen molar-refractivity contribution in [2.75, 3.05) is 11.9 Å². The molecule has 2 aromatic heterocycles. The number of anilines is 1. The first-order valence-corrected chi connectivity index (χ1v) is 7.47. The fraction of sp³-hybridized carbons (Fsp3) is 0.533. The molecule has 0 fully saturated rings. The van der Waals surface area contributed by atoms with Crippen molar-refractivity contribution >= 4 is 28.5 Å². The zero-order chi connectivity index (χ0) is 15.8. The molecule has 2 aromatic rings. The van der Waals surface area contributed by atoms with Gasteiger partial charge in [0.1, 0.15) is 5.52 Å². The van der Waals surface area contributed by atoms with Crippen LogP contribution in [0, 0.1) is 0 Å². The first-order chi connectivity index (χ1) is 9.70. The lowest BCUT2D eigenvalue weighted by Gasteiger charge is -2.25. The van der Waals surface area contributed by atoms with Gasteiger partial charge in [-0.15, -0.1) is 0 Å². The summed E-state index contributed by atoms with van der Waals surface area (Å²) in [5.74, 6) is 0.893. The van der Waals surface area contributed by atoms with Crippen molar-refractivity contribution < 1.29 is 0 Å². The lowest BCUT2D eigenvalue weighted by Crippen LogP contribution is -2.33. The highest BCUT2D eigenvalue weighted by atomic mass is 32.1. The summed E-state index contributed by atoms with van der Waals surface area (Å²) >= 11 is 5.00. The van der Waals surface area contributed by atoms with Crippen molar-refractivity contribution in [2.24, 2.45) is 5.73 Å². The first-order valence-electron chi connectivity index (χ1n) is 7.06. The third-order valence-electron chi connectivity index (χ3n) is 3.63. The molecule has 0 aliphatic rings. The quantitative estimate of drug-likeness (QED) is 0.880. The molecule has 0 saturated heterocycles. The topological polar surface area (TPSA) is 59.5 Å². The highest BCUT2D eigenvalue weighted by Gasteiger charge is 2.21. The van der Waals surface area contributed by atoms with E-state index in [2.05, 4.69) is 48.7 Å². The molecule has 0 radical (unpaired) electrons. The van der Waals surface area contributed by atoms with Crippen molar-refractivity contribution in [1.29, 1.82) is 0 Å². The minimum atomic E-state index is 0.00625. The molecule has 0 spiro atoms. The molecule has 0 saturated carbocycles. The molecule has 0 amide bonds. The van der Waals surface area contributed by atoms with Gasteiger partial charge in [0, 0.05) is 37.3 Å². The largest absolute Gasteiger partial charge is 0.393 e. The van der Waals surface area contributed by atoms with Crippen molar-refractivity contribution in [3.63, 3.8) is 0 Å². The van der Waals surface area contributed by atoms with E-state index in [-0.39, 0.29) is 11.5 Å². The summed E-state index contributed by atoms with van der Waals surface area (Å²) in [6.45, 7) is 8.55. The third kappa shape index (κ3) is 3.32. The molecule has 5 nitrogen and oxygen atoms in total. The molecule has 1 atom stereocenters. The van der Waals surface area contributed by atoms with Gasteiger partial charge in [0.25, 0.3) is 0 Å². The van der Waals surface area contributed by atoms with Crippen LogP contribution in [0.2, 0.25) is 0 Å². The van der Waals surface area contributed by atoms with Gasteiger partial charge in [-0.1, -0.05) is 33.0 Å². The van der Waals surface area contributed by atoms with Crippen LogP contribution in [0.1, 0.15) is 39.8 Å². The van der Waals surface area contributed by atoms with E-state index in [9.17, 15) is 0 Å². The van der Waals surface area contributed by atoms with Crippen molar-refractivity contribution in [3.8, 4) is 0 Å². The van der Waals surface area contributed by atoms with Gasteiger partial charge < -0.3 is 10.6 Å². The molecule has 0 aliphatic heterocycles. The summed E-state index contributed by atoms with van der Waals surface area (Å²) in [7, 11) is 2.01. The summed E-state index contributed by atoms with van der Waals surface area (Å²) < 4.78 is 1.88. The third-order valence-corrected chi connectivity index (χ3v) is 3.80. The van der Waals surface area contributed by atoms with Crippen LogP contribution in [0.15, 0.2) is 18.5 Å². The maximum Gasteiger partial charge on any atom is 0.154 e. The Morgan fingerprint density at radius 3 is 2.71 bits per heavy atom. The lowest BCUT2D eigenvalue weighted by molar-refractivity contribution is 0.562. The number of hydrogen-bond donors (Lipinski definition) is 1. The van der Waals surface area contributed by atoms with Crippen LogP contribution in [0.5, 0.6) is 0 Å². The Labute approximate surface area is 131 Å². The molecule has 0 bridgehead atoms. The van der Waals surface area contributed by atoms with Crippen LogP contribution in [-0.2, 0) is 5.41 Å². The summed E-state index contributed by atoms with van der Waals surface area (Å²) in [6.07, 6.45) is 4.31. The van der Waals surface area contributed by atoms with E-state index in [0.29, 0.717) is 11.4 Å². The standard InChI is InChI=1S/C15H23N5S/c1-10(8-13(16)21)19(5)14-11-9-12(15(2,3)4)18-20(11)7-6-17-14/h6-7,9-10H,8H2,1-5H3,(H2,16,21). The second kappa shape index (κ2) is 5.60. The highest BCUT2D eigenvalue weighted by Crippen LogP contribution is 2.26. The number of hydrogen-bond acceptors (Lipinski definition) is 4.